The minimum absolute atomic E-state index is 0.321. The Hall–Kier alpha value is -1.83. The van der Waals surface area contributed by atoms with Gasteiger partial charge in [0.1, 0.15) is 5.66 Å². The molecule has 0 saturated carbocycles. The molecule has 0 aromatic heterocycles. The van der Waals surface area contributed by atoms with Crippen LogP contribution < -0.4 is 21.8 Å². The fourth-order valence-corrected chi connectivity index (χ4v) is 3.82. The molecule has 0 fully saturated rings. The molecular weight excluding hydrogens is 315 g/mol. The van der Waals surface area contributed by atoms with Gasteiger partial charge < -0.3 is 26.0 Å². The molecule has 134 valence electrons. The number of guanidine groups is 1. The average Bonchev–Trinajstić information content (AvgIpc) is 2.94. The molecule has 1 aromatic carbocycles. The maximum atomic E-state index is 9.88. The molecule has 25 heavy (non-hydrogen) atoms. The monoisotopic (exact) mass is 342 g/mol. The molecule has 2 aliphatic heterocycles. The van der Waals surface area contributed by atoms with Crippen molar-refractivity contribution >= 4 is 24.2 Å². The number of benzene rings is 1. The molecule has 1 unspecified atom stereocenters. The standard InChI is InChI=1S/C18H27BN4O2/c1-5-14(6-2)18(20)12(4)9-21-17(23-18)22-15-7-11(3)16-13(8-15)10-25-19(16)24/h7-9,14,24H,5-6,10,20H2,1-4H3,(H2,21,22,23). The summed E-state index contributed by atoms with van der Waals surface area (Å²) in [6.07, 6.45) is 3.82. The van der Waals surface area contributed by atoms with Crippen molar-refractivity contribution in [2.45, 2.75) is 52.8 Å². The minimum atomic E-state index is -0.827. The second-order valence-corrected chi connectivity index (χ2v) is 6.95. The number of hydrogen-bond donors (Lipinski definition) is 4. The van der Waals surface area contributed by atoms with E-state index < -0.39 is 12.8 Å². The van der Waals surface area contributed by atoms with Crippen molar-refractivity contribution in [2.75, 3.05) is 5.32 Å². The van der Waals surface area contributed by atoms with E-state index in [0.717, 1.165) is 40.7 Å². The predicted octanol–water partition coefficient (Wildman–Crippen LogP) is 1.58. The Kier molecular flexibility index (Phi) is 4.91. The molecular formula is C18H27BN4O2. The second-order valence-electron chi connectivity index (χ2n) is 6.95. The number of nitrogens with zero attached hydrogens (tertiary/aromatic N) is 1. The van der Waals surface area contributed by atoms with E-state index in [4.69, 9.17) is 10.4 Å². The third-order valence-electron chi connectivity index (χ3n) is 5.37. The lowest BCUT2D eigenvalue weighted by Crippen LogP contribution is -2.63. The van der Waals surface area contributed by atoms with E-state index in [0.29, 0.717) is 18.5 Å². The van der Waals surface area contributed by atoms with Crippen molar-refractivity contribution in [2.24, 2.45) is 16.6 Å². The van der Waals surface area contributed by atoms with E-state index in [-0.39, 0.29) is 0 Å². The Morgan fingerprint density at radius 2 is 2.12 bits per heavy atom. The van der Waals surface area contributed by atoms with Gasteiger partial charge >= 0.3 is 7.12 Å². The molecule has 5 N–H and O–H groups in total. The maximum Gasteiger partial charge on any atom is 0.492 e. The van der Waals surface area contributed by atoms with E-state index in [1.54, 1.807) is 0 Å². The third kappa shape index (κ3) is 3.19. The largest absolute Gasteiger partial charge is 0.492 e. The fourth-order valence-electron chi connectivity index (χ4n) is 3.82. The highest BCUT2D eigenvalue weighted by Gasteiger charge is 2.37. The van der Waals surface area contributed by atoms with Gasteiger partial charge in [-0.1, -0.05) is 13.8 Å². The molecule has 0 amide bonds. The lowest BCUT2D eigenvalue weighted by atomic mass is 9.76. The summed E-state index contributed by atoms with van der Waals surface area (Å²) < 4.78 is 5.31. The molecule has 0 saturated heterocycles. The van der Waals surface area contributed by atoms with Gasteiger partial charge in [0, 0.05) is 11.9 Å². The molecule has 0 radical (unpaired) electrons. The maximum absolute atomic E-state index is 9.88. The number of hydrogen-bond acceptors (Lipinski definition) is 6. The average molecular weight is 342 g/mol. The molecule has 2 aliphatic rings. The quantitative estimate of drug-likeness (QED) is 0.624. The van der Waals surface area contributed by atoms with Crippen LogP contribution in [0.1, 0.15) is 44.7 Å². The van der Waals surface area contributed by atoms with Gasteiger partial charge in [0.05, 0.1) is 6.61 Å². The molecule has 7 heteroatoms. The smallest absolute Gasteiger partial charge is 0.423 e. The van der Waals surface area contributed by atoms with Crippen LogP contribution in [0.3, 0.4) is 0 Å². The zero-order chi connectivity index (χ0) is 18.2. The Bertz CT molecular complexity index is 730. The van der Waals surface area contributed by atoms with Gasteiger partial charge in [-0.05, 0) is 66.9 Å². The van der Waals surface area contributed by atoms with Crippen LogP contribution in [0.2, 0.25) is 0 Å². The van der Waals surface area contributed by atoms with Crippen LogP contribution in [-0.4, -0.2) is 23.8 Å². The molecule has 0 spiro atoms. The van der Waals surface area contributed by atoms with Gasteiger partial charge in [0.2, 0.25) is 5.96 Å². The number of fused-ring (bicyclic) bond motifs is 1. The Morgan fingerprint density at radius 1 is 1.40 bits per heavy atom. The summed E-state index contributed by atoms with van der Waals surface area (Å²) >= 11 is 0. The van der Waals surface area contributed by atoms with Crippen LogP contribution in [0.15, 0.2) is 28.9 Å². The molecule has 6 nitrogen and oxygen atoms in total. The van der Waals surface area contributed by atoms with Crippen LogP contribution in [0.4, 0.5) is 5.69 Å². The zero-order valence-corrected chi connectivity index (χ0v) is 15.4. The van der Waals surface area contributed by atoms with Crippen LogP contribution in [0, 0.1) is 12.8 Å². The zero-order valence-electron chi connectivity index (χ0n) is 15.4. The minimum Gasteiger partial charge on any atom is -0.423 e. The molecule has 1 atom stereocenters. The van der Waals surface area contributed by atoms with Crippen LogP contribution in [0.25, 0.3) is 0 Å². The van der Waals surface area contributed by atoms with Gasteiger partial charge in [0.25, 0.3) is 0 Å². The summed E-state index contributed by atoms with van der Waals surface area (Å²) in [6.45, 7) is 8.72. The van der Waals surface area contributed by atoms with E-state index in [1.807, 2.05) is 32.2 Å². The van der Waals surface area contributed by atoms with Gasteiger partial charge in [-0.2, -0.15) is 0 Å². The second kappa shape index (κ2) is 6.82. The summed E-state index contributed by atoms with van der Waals surface area (Å²) in [5.41, 5.74) is 10.9. The van der Waals surface area contributed by atoms with Crippen molar-refractivity contribution < 1.29 is 9.68 Å². The highest BCUT2D eigenvalue weighted by Crippen LogP contribution is 2.28. The topological polar surface area (TPSA) is 91.9 Å². The van der Waals surface area contributed by atoms with Crippen LogP contribution in [0.5, 0.6) is 0 Å². The molecule has 0 aliphatic carbocycles. The van der Waals surface area contributed by atoms with Gasteiger partial charge in [-0.3, -0.25) is 0 Å². The lowest BCUT2D eigenvalue weighted by molar-refractivity contribution is 0.272. The number of nitrogens with one attached hydrogen (secondary N) is 2. The molecule has 1 aromatic rings. The number of anilines is 1. The van der Waals surface area contributed by atoms with Crippen LogP contribution in [-0.2, 0) is 11.3 Å². The summed E-state index contributed by atoms with van der Waals surface area (Å²) in [7, 11) is -0.827. The van der Waals surface area contributed by atoms with E-state index in [1.165, 1.54) is 0 Å². The summed E-state index contributed by atoms with van der Waals surface area (Å²) in [6, 6.07) is 3.98. The first-order valence-electron chi connectivity index (χ1n) is 8.91. The van der Waals surface area contributed by atoms with Crippen molar-refractivity contribution in [3.8, 4) is 0 Å². The summed E-state index contributed by atoms with van der Waals surface area (Å²) in [5, 5.41) is 16.6. The molecule has 0 bridgehead atoms. The Morgan fingerprint density at radius 3 is 2.80 bits per heavy atom. The van der Waals surface area contributed by atoms with E-state index in [9.17, 15) is 5.02 Å². The van der Waals surface area contributed by atoms with Gasteiger partial charge in [-0.25, -0.2) is 4.99 Å². The molecule has 3 rings (SSSR count). The Balaban J connectivity index is 1.84. The number of aliphatic imine (C=N–C) groups is 1. The first-order chi connectivity index (χ1) is 11.9. The van der Waals surface area contributed by atoms with Crippen LogP contribution >= 0.6 is 0 Å². The highest BCUT2D eigenvalue weighted by molar-refractivity contribution is 6.62. The summed E-state index contributed by atoms with van der Waals surface area (Å²) in [5.74, 6) is 0.958. The highest BCUT2D eigenvalue weighted by atomic mass is 16.5. The Labute approximate surface area is 149 Å². The van der Waals surface area contributed by atoms with Gasteiger partial charge in [0.15, 0.2) is 0 Å². The van der Waals surface area contributed by atoms with Crippen molar-refractivity contribution in [1.29, 1.82) is 0 Å². The van der Waals surface area contributed by atoms with Crippen molar-refractivity contribution in [1.82, 2.24) is 5.32 Å². The van der Waals surface area contributed by atoms with Gasteiger partial charge in [-0.15, -0.1) is 0 Å². The SMILES string of the molecule is CCC(CC)C1(N)NC(Nc2cc(C)c3c(c2)COB3O)=NC=C1C. The first-order valence-corrected chi connectivity index (χ1v) is 8.91. The molecule has 2 heterocycles. The third-order valence-corrected chi connectivity index (χ3v) is 5.37. The normalized spacial score (nSPS) is 22.4. The van der Waals surface area contributed by atoms with Crippen molar-refractivity contribution in [3.05, 3.63) is 35.0 Å². The van der Waals surface area contributed by atoms with E-state index in [2.05, 4.69) is 29.5 Å². The van der Waals surface area contributed by atoms with Crippen molar-refractivity contribution in [3.63, 3.8) is 0 Å². The number of rotatable bonds is 4. The lowest BCUT2D eigenvalue weighted by Gasteiger charge is -2.41. The first kappa shape index (κ1) is 18.0. The summed E-state index contributed by atoms with van der Waals surface area (Å²) in [4.78, 5) is 4.46. The number of nitrogens with two attached hydrogens (primary N) is 1. The number of aryl methyl sites for hydroxylation is 1. The fraction of sp³-hybridized carbons (Fsp3) is 0.500. The predicted molar refractivity (Wildman–Crippen MR) is 103 cm³/mol. The van der Waals surface area contributed by atoms with E-state index >= 15 is 0 Å².